The van der Waals surface area contributed by atoms with Crippen LogP contribution in [0.3, 0.4) is 0 Å². The molecule has 0 saturated heterocycles. The van der Waals surface area contributed by atoms with Crippen LogP contribution >= 0.6 is 22.6 Å². The molecule has 9 heteroatoms. The summed E-state index contributed by atoms with van der Waals surface area (Å²) in [5.74, 6) is -0.779. The van der Waals surface area contributed by atoms with Gasteiger partial charge in [0, 0.05) is 16.7 Å². The van der Waals surface area contributed by atoms with Crippen LogP contribution in [0.2, 0.25) is 0 Å². The molecule has 7 nitrogen and oxygen atoms in total. The van der Waals surface area contributed by atoms with Gasteiger partial charge in [-0.3, -0.25) is 13.9 Å². The van der Waals surface area contributed by atoms with E-state index < -0.39 is 28.5 Å². The zero-order valence-corrected chi connectivity index (χ0v) is 23.5. The molecule has 0 aliphatic rings. The quantitative estimate of drug-likeness (QED) is 0.342. The number of nitrogens with zero attached hydrogens (tertiary/aromatic N) is 2. The number of nitrogens with one attached hydrogen (secondary N) is 1. The van der Waals surface area contributed by atoms with Gasteiger partial charge in [-0.25, -0.2) is 8.42 Å². The molecule has 3 aromatic carbocycles. The van der Waals surface area contributed by atoms with Gasteiger partial charge in [-0.2, -0.15) is 0 Å². The largest absolute Gasteiger partial charge is 0.355 e. The SMILES string of the molecule is CCNC(=O)[C@H](C)N(Cc1cccc(C)c1)C(=O)CN(c1ccc(I)cc1)S(=O)(=O)c1ccccc1. The minimum absolute atomic E-state index is 0.0818. The number of hydrogen-bond acceptors (Lipinski definition) is 4. The highest BCUT2D eigenvalue weighted by Crippen LogP contribution is 2.25. The lowest BCUT2D eigenvalue weighted by Gasteiger charge is -2.32. The van der Waals surface area contributed by atoms with E-state index in [1.807, 2.05) is 38.1 Å². The van der Waals surface area contributed by atoms with Gasteiger partial charge in [0.1, 0.15) is 12.6 Å². The Kier molecular flexibility index (Phi) is 9.49. The summed E-state index contributed by atoms with van der Waals surface area (Å²) in [4.78, 5) is 28.0. The van der Waals surface area contributed by atoms with Gasteiger partial charge in [0.15, 0.2) is 0 Å². The van der Waals surface area contributed by atoms with Crippen LogP contribution in [0.25, 0.3) is 0 Å². The Hall–Kier alpha value is -2.92. The van der Waals surface area contributed by atoms with E-state index >= 15 is 0 Å². The number of halogens is 1. The molecule has 0 bridgehead atoms. The van der Waals surface area contributed by atoms with Crippen molar-refractivity contribution in [1.29, 1.82) is 0 Å². The first-order valence-corrected chi connectivity index (χ1v) is 14.1. The summed E-state index contributed by atoms with van der Waals surface area (Å²) in [6.45, 7) is 5.56. The van der Waals surface area contributed by atoms with E-state index in [-0.39, 0.29) is 17.3 Å². The van der Waals surface area contributed by atoms with Crippen LogP contribution in [0.5, 0.6) is 0 Å². The lowest BCUT2D eigenvalue weighted by atomic mass is 10.1. The Balaban J connectivity index is 2.01. The van der Waals surface area contributed by atoms with Crippen molar-refractivity contribution in [3.8, 4) is 0 Å². The summed E-state index contributed by atoms with van der Waals surface area (Å²) < 4.78 is 29.4. The van der Waals surface area contributed by atoms with E-state index in [0.717, 1.165) is 19.0 Å². The average Bonchev–Trinajstić information content (AvgIpc) is 2.86. The van der Waals surface area contributed by atoms with Crippen molar-refractivity contribution < 1.29 is 18.0 Å². The van der Waals surface area contributed by atoms with Crippen LogP contribution < -0.4 is 9.62 Å². The molecule has 0 heterocycles. The lowest BCUT2D eigenvalue weighted by Crippen LogP contribution is -2.51. The summed E-state index contributed by atoms with van der Waals surface area (Å²) in [6.07, 6.45) is 0. The molecule has 0 aliphatic carbocycles. The second-order valence-electron chi connectivity index (χ2n) is 8.38. The number of carbonyl (C=O) groups excluding carboxylic acids is 2. The summed E-state index contributed by atoms with van der Waals surface area (Å²) in [5, 5.41) is 2.76. The number of carbonyl (C=O) groups is 2. The van der Waals surface area contributed by atoms with Gasteiger partial charge in [0.2, 0.25) is 11.8 Å². The third-order valence-corrected chi connectivity index (χ3v) is 8.19. The Labute approximate surface area is 226 Å². The van der Waals surface area contributed by atoms with Crippen LogP contribution in [0, 0.1) is 10.5 Å². The minimum atomic E-state index is -4.05. The number of benzene rings is 3. The molecule has 0 unspecified atom stereocenters. The van der Waals surface area contributed by atoms with Gasteiger partial charge in [-0.15, -0.1) is 0 Å². The topological polar surface area (TPSA) is 86.8 Å². The second-order valence-corrected chi connectivity index (χ2v) is 11.5. The van der Waals surface area contributed by atoms with Gasteiger partial charge in [-0.05, 0) is 85.3 Å². The molecule has 0 saturated carbocycles. The summed E-state index contributed by atoms with van der Waals surface area (Å²) >= 11 is 2.14. The van der Waals surface area contributed by atoms with E-state index in [2.05, 4.69) is 27.9 Å². The zero-order chi connectivity index (χ0) is 26.3. The predicted molar refractivity (Wildman–Crippen MR) is 150 cm³/mol. The van der Waals surface area contributed by atoms with E-state index in [1.54, 1.807) is 49.4 Å². The molecule has 0 fully saturated rings. The maximum atomic E-state index is 13.7. The van der Waals surface area contributed by atoms with Gasteiger partial charge >= 0.3 is 0 Å². The minimum Gasteiger partial charge on any atom is -0.355 e. The monoisotopic (exact) mass is 619 g/mol. The van der Waals surface area contributed by atoms with Gasteiger partial charge < -0.3 is 10.2 Å². The predicted octanol–water partition coefficient (Wildman–Crippen LogP) is 4.35. The molecule has 1 atom stereocenters. The smallest absolute Gasteiger partial charge is 0.264 e. The van der Waals surface area contributed by atoms with Gasteiger partial charge in [0.05, 0.1) is 10.6 Å². The molecular weight excluding hydrogens is 589 g/mol. The van der Waals surface area contributed by atoms with Crippen molar-refractivity contribution in [3.63, 3.8) is 0 Å². The van der Waals surface area contributed by atoms with Crippen LogP contribution in [0.1, 0.15) is 25.0 Å². The Morgan fingerprint density at radius 2 is 1.64 bits per heavy atom. The number of likely N-dealkylation sites (N-methyl/N-ethyl adjacent to an activating group) is 1. The molecule has 1 N–H and O–H groups in total. The summed E-state index contributed by atoms with van der Waals surface area (Å²) in [7, 11) is -4.05. The second kappa shape index (κ2) is 12.4. The molecule has 0 radical (unpaired) electrons. The fourth-order valence-electron chi connectivity index (χ4n) is 3.77. The highest BCUT2D eigenvalue weighted by atomic mass is 127. The molecule has 0 aliphatic heterocycles. The third kappa shape index (κ3) is 6.85. The number of anilines is 1. The van der Waals surface area contributed by atoms with E-state index in [4.69, 9.17) is 0 Å². The molecule has 3 rings (SSSR count). The number of rotatable bonds is 10. The molecule has 3 aromatic rings. The maximum Gasteiger partial charge on any atom is 0.264 e. The Bertz CT molecular complexity index is 1300. The Morgan fingerprint density at radius 1 is 0.972 bits per heavy atom. The van der Waals surface area contributed by atoms with E-state index in [1.165, 1.54) is 17.0 Å². The lowest BCUT2D eigenvalue weighted by molar-refractivity contribution is -0.139. The maximum absolute atomic E-state index is 13.7. The fraction of sp³-hybridized carbons (Fsp3) is 0.259. The summed E-state index contributed by atoms with van der Waals surface area (Å²) in [5.41, 5.74) is 2.25. The number of sulfonamides is 1. The fourth-order valence-corrected chi connectivity index (χ4v) is 5.56. The normalized spacial score (nSPS) is 12.0. The average molecular weight is 620 g/mol. The number of hydrogen-bond donors (Lipinski definition) is 1. The standard InChI is InChI=1S/C27H30IN3O4S/c1-4-29-27(33)21(3)30(18-22-10-8-9-20(2)17-22)26(32)19-31(24-15-13-23(28)14-16-24)36(34,35)25-11-6-5-7-12-25/h5-17,21H,4,18-19H2,1-3H3,(H,29,33)/t21-/m0/s1. The first kappa shape index (κ1) is 27.7. The molecule has 36 heavy (non-hydrogen) atoms. The molecular formula is C27H30IN3O4S. The van der Waals surface area contributed by atoms with E-state index in [0.29, 0.717) is 12.2 Å². The molecule has 190 valence electrons. The van der Waals surface area contributed by atoms with E-state index in [9.17, 15) is 18.0 Å². The first-order chi connectivity index (χ1) is 17.1. The van der Waals surface area contributed by atoms with Crippen molar-refractivity contribution in [2.24, 2.45) is 0 Å². The number of amides is 2. The van der Waals surface area contributed by atoms with Crippen molar-refractivity contribution in [1.82, 2.24) is 10.2 Å². The molecule has 0 spiro atoms. The van der Waals surface area contributed by atoms with Crippen LogP contribution in [0.4, 0.5) is 5.69 Å². The number of aryl methyl sites for hydroxylation is 1. The van der Waals surface area contributed by atoms with Crippen molar-refractivity contribution >= 4 is 50.1 Å². The Morgan fingerprint density at radius 3 is 2.25 bits per heavy atom. The van der Waals surface area contributed by atoms with Crippen LogP contribution in [-0.2, 0) is 26.2 Å². The van der Waals surface area contributed by atoms with Crippen molar-refractivity contribution in [2.75, 3.05) is 17.4 Å². The summed E-state index contributed by atoms with van der Waals surface area (Å²) in [6, 6.07) is 21.8. The van der Waals surface area contributed by atoms with Gasteiger partial charge in [0.25, 0.3) is 10.0 Å². The van der Waals surface area contributed by atoms with Crippen LogP contribution in [-0.4, -0.2) is 44.3 Å². The van der Waals surface area contributed by atoms with Crippen molar-refractivity contribution in [2.45, 2.75) is 38.3 Å². The molecule has 0 aromatic heterocycles. The highest BCUT2D eigenvalue weighted by Gasteiger charge is 2.32. The van der Waals surface area contributed by atoms with Crippen molar-refractivity contribution in [3.05, 3.63) is 93.6 Å². The third-order valence-electron chi connectivity index (χ3n) is 5.68. The molecule has 2 amide bonds. The van der Waals surface area contributed by atoms with Crippen LogP contribution in [0.15, 0.2) is 83.8 Å². The highest BCUT2D eigenvalue weighted by molar-refractivity contribution is 14.1. The first-order valence-electron chi connectivity index (χ1n) is 11.6. The van der Waals surface area contributed by atoms with Gasteiger partial charge in [-0.1, -0.05) is 48.0 Å². The zero-order valence-electron chi connectivity index (χ0n) is 20.5.